The molecule has 0 aromatic heterocycles. The lowest BCUT2D eigenvalue weighted by molar-refractivity contribution is 0.0698. The molecule has 1 aromatic carbocycles. The Kier molecular flexibility index (Phi) is 11.0. The second-order valence-electron chi connectivity index (χ2n) is 5.00. The molecule has 0 aliphatic carbocycles. The van der Waals surface area contributed by atoms with Crippen LogP contribution in [0, 0.1) is 0 Å². The molecule has 1 rings (SSSR count). The molecule has 0 spiro atoms. The number of aliphatic imine (C=N–C) groups is 1. The lowest BCUT2D eigenvalue weighted by Crippen LogP contribution is -2.37. The van der Waals surface area contributed by atoms with Crippen LogP contribution in [0.1, 0.15) is 18.9 Å². The van der Waals surface area contributed by atoms with Gasteiger partial charge in [0, 0.05) is 44.4 Å². The Morgan fingerprint density at radius 3 is 2.75 bits per heavy atom. The van der Waals surface area contributed by atoms with Gasteiger partial charge in [-0.15, -0.1) is 0 Å². The molecule has 0 aliphatic rings. The zero-order chi connectivity index (χ0) is 17.6. The summed E-state index contributed by atoms with van der Waals surface area (Å²) in [5.74, 6) is 1.53. The molecule has 2 N–H and O–H groups in total. The van der Waals surface area contributed by atoms with E-state index in [9.17, 15) is 0 Å². The normalized spacial score (nSPS) is 11.4. The monoisotopic (exact) mass is 357 g/mol. The third-order valence-electron chi connectivity index (χ3n) is 3.19. The second kappa shape index (κ2) is 12.9. The van der Waals surface area contributed by atoms with Crippen LogP contribution < -0.4 is 15.4 Å². The minimum absolute atomic E-state index is 0.601. The number of nitrogens with zero attached hydrogens (tertiary/aromatic N) is 1. The lowest BCUT2D eigenvalue weighted by atomic mass is 10.2. The molecule has 24 heavy (non-hydrogen) atoms. The molecule has 0 saturated carbocycles. The third-order valence-corrected chi connectivity index (χ3v) is 3.42. The smallest absolute Gasteiger partial charge is 0.191 e. The van der Waals surface area contributed by atoms with E-state index in [0.29, 0.717) is 38.0 Å². The summed E-state index contributed by atoms with van der Waals surface area (Å²) in [5.41, 5.74) is 1.03. The number of ether oxygens (including phenoxy) is 3. The highest BCUT2D eigenvalue weighted by Crippen LogP contribution is 2.23. The largest absolute Gasteiger partial charge is 0.493 e. The molecule has 1 aromatic rings. The molecule has 0 radical (unpaired) electrons. The van der Waals surface area contributed by atoms with E-state index in [4.69, 9.17) is 25.8 Å². The third kappa shape index (κ3) is 8.38. The Labute approximate surface area is 149 Å². The maximum Gasteiger partial charge on any atom is 0.191 e. The molecule has 6 nitrogen and oxygen atoms in total. The van der Waals surface area contributed by atoms with Gasteiger partial charge in [0.15, 0.2) is 5.96 Å². The molecule has 0 heterocycles. The molecule has 136 valence electrons. The maximum absolute atomic E-state index is 6.02. The van der Waals surface area contributed by atoms with Gasteiger partial charge in [-0.3, -0.25) is 4.99 Å². The van der Waals surface area contributed by atoms with E-state index in [2.05, 4.69) is 15.6 Å². The zero-order valence-corrected chi connectivity index (χ0v) is 15.5. The number of benzene rings is 1. The number of halogens is 1. The molecule has 0 aliphatic heterocycles. The van der Waals surface area contributed by atoms with Gasteiger partial charge in [-0.25, -0.2) is 0 Å². The van der Waals surface area contributed by atoms with Crippen molar-refractivity contribution in [1.29, 1.82) is 0 Å². The minimum Gasteiger partial charge on any atom is -0.493 e. The average Bonchev–Trinajstić information content (AvgIpc) is 2.58. The standard InChI is InChI=1S/C17H28ClN3O3/c1-4-24-16-12-15(18)7-6-14(16)13-21-17(19-2)20-8-5-9-23-11-10-22-3/h6-7,12H,4-5,8-11,13H2,1-3H3,(H2,19,20,21). The summed E-state index contributed by atoms with van der Waals surface area (Å²) < 4.78 is 16.0. The fraction of sp³-hybridized carbons (Fsp3) is 0.588. The molecule has 0 saturated heterocycles. The van der Waals surface area contributed by atoms with Gasteiger partial charge < -0.3 is 24.8 Å². The fourth-order valence-electron chi connectivity index (χ4n) is 1.99. The number of hydrogen-bond acceptors (Lipinski definition) is 4. The Balaban J connectivity index is 2.34. The van der Waals surface area contributed by atoms with Crippen LogP contribution in [-0.2, 0) is 16.0 Å². The summed E-state index contributed by atoms with van der Waals surface area (Å²) in [4.78, 5) is 4.21. The van der Waals surface area contributed by atoms with Gasteiger partial charge in [-0.1, -0.05) is 17.7 Å². The van der Waals surface area contributed by atoms with Crippen LogP contribution in [0.4, 0.5) is 0 Å². The molecule has 0 atom stereocenters. The van der Waals surface area contributed by atoms with Gasteiger partial charge >= 0.3 is 0 Å². The van der Waals surface area contributed by atoms with Gasteiger partial charge in [-0.05, 0) is 25.5 Å². The van der Waals surface area contributed by atoms with Crippen LogP contribution in [0.3, 0.4) is 0 Å². The number of rotatable bonds is 11. The van der Waals surface area contributed by atoms with Crippen LogP contribution >= 0.6 is 11.6 Å². The maximum atomic E-state index is 6.02. The Hall–Kier alpha value is -1.50. The summed E-state index contributed by atoms with van der Waals surface area (Å²) in [6, 6.07) is 5.64. The molecule has 0 unspecified atom stereocenters. The van der Waals surface area contributed by atoms with Crippen LogP contribution in [0.5, 0.6) is 5.75 Å². The summed E-state index contributed by atoms with van der Waals surface area (Å²) in [5, 5.41) is 7.19. The SMILES string of the molecule is CCOc1cc(Cl)ccc1CNC(=NC)NCCCOCCOC. The minimum atomic E-state index is 0.601. The van der Waals surface area contributed by atoms with Crippen LogP contribution in [0.25, 0.3) is 0 Å². The van der Waals surface area contributed by atoms with Gasteiger partial charge in [0.05, 0.1) is 19.8 Å². The quantitative estimate of drug-likeness (QED) is 0.362. The first-order valence-corrected chi connectivity index (χ1v) is 8.51. The fourth-order valence-corrected chi connectivity index (χ4v) is 2.15. The molecule has 0 fully saturated rings. The van der Waals surface area contributed by atoms with Crippen LogP contribution in [-0.4, -0.2) is 53.1 Å². The van der Waals surface area contributed by atoms with Crippen LogP contribution in [0.2, 0.25) is 5.02 Å². The first-order valence-electron chi connectivity index (χ1n) is 8.13. The van der Waals surface area contributed by atoms with Gasteiger partial charge in [0.25, 0.3) is 0 Å². The Morgan fingerprint density at radius 1 is 1.21 bits per heavy atom. The molecular weight excluding hydrogens is 330 g/mol. The molecule has 0 bridgehead atoms. The second-order valence-corrected chi connectivity index (χ2v) is 5.43. The highest BCUT2D eigenvalue weighted by Gasteiger charge is 2.06. The van der Waals surface area contributed by atoms with Crippen molar-refractivity contribution in [2.45, 2.75) is 19.9 Å². The van der Waals surface area contributed by atoms with Crippen molar-refractivity contribution in [1.82, 2.24) is 10.6 Å². The summed E-state index contributed by atoms with van der Waals surface area (Å²) >= 11 is 6.02. The average molecular weight is 358 g/mol. The van der Waals surface area contributed by atoms with Crippen molar-refractivity contribution < 1.29 is 14.2 Å². The number of guanidine groups is 1. The topological polar surface area (TPSA) is 64.1 Å². The van der Waals surface area contributed by atoms with Crippen molar-refractivity contribution in [2.24, 2.45) is 4.99 Å². The van der Waals surface area contributed by atoms with E-state index in [1.165, 1.54) is 0 Å². The first-order chi connectivity index (χ1) is 11.7. The van der Waals surface area contributed by atoms with E-state index in [0.717, 1.165) is 30.2 Å². The number of methoxy groups -OCH3 is 1. The first kappa shape index (κ1) is 20.5. The Morgan fingerprint density at radius 2 is 2.04 bits per heavy atom. The van der Waals surface area contributed by atoms with Crippen LogP contribution in [0.15, 0.2) is 23.2 Å². The van der Waals surface area contributed by atoms with E-state index in [1.807, 2.05) is 25.1 Å². The predicted octanol–water partition coefficient (Wildman–Crippen LogP) is 2.46. The highest BCUT2D eigenvalue weighted by molar-refractivity contribution is 6.30. The summed E-state index contributed by atoms with van der Waals surface area (Å²) in [6.45, 7) is 5.89. The van der Waals surface area contributed by atoms with Gasteiger partial charge in [0.2, 0.25) is 0 Å². The Bertz CT molecular complexity index is 498. The van der Waals surface area contributed by atoms with Crippen molar-refractivity contribution in [2.75, 3.05) is 47.1 Å². The number of nitrogens with one attached hydrogen (secondary N) is 2. The van der Waals surface area contributed by atoms with Crippen molar-refractivity contribution in [3.63, 3.8) is 0 Å². The van der Waals surface area contributed by atoms with Crippen molar-refractivity contribution in [3.05, 3.63) is 28.8 Å². The van der Waals surface area contributed by atoms with Crippen molar-refractivity contribution >= 4 is 17.6 Å². The molecule has 7 heteroatoms. The van der Waals surface area contributed by atoms with E-state index in [-0.39, 0.29) is 0 Å². The highest BCUT2D eigenvalue weighted by atomic mass is 35.5. The number of hydrogen-bond donors (Lipinski definition) is 2. The molecular formula is C17H28ClN3O3. The predicted molar refractivity (Wildman–Crippen MR) is 98.1 cm³/mol. The lowest BCUT2D eigenvalue weighted by Gasteiger charge is -2.14. The summed E-state index contributed by atoms with van der Waals surface area (Å²) in [7, 11) is 3.41. The van der Waals surface area contributed by atoms with Gasteiger partial charge in [-0.2, -0.15) is 0 Å². The van der Waals surface area contributed by atoms with Gasteiger partial charge in [0.1, 0.15) is 5.75 Å². The van der Waals surface area contributed by atoms with E-state index >= 15 is 0 Å². The van der Waals surface area contributed by atoms with E-state index in [1.54, 1.807) is 14.2 Å². The summed E-state index contributed by atoms with van der Waals surface area (Å²) in [6.07, 6.45) is 0.898. The molecule has 0 amide bonds. The zero-order valence-electron chi connectivity index (χ0n) is 14.7. The van der Waals surface area contributed by atoms with E-state index < -0.39 is 0 Å². The van der Waals surface area contributed by atoms with Crippen molar-refractivity contribution in [3.8, 4) is 5.75 Å².